The van der Waals surface area contributed by atoms with E-state index in [1.165, 1.54) is 15.9 Å². The van der Waals surface area contributed by atoms with Crippen LogP contribution in [-0.2, 0) is 0 Å². The Kier molecular flexibility index (Phi) is 5.85. The normalized spacial score (nSPS) is 12.0. The van der Waals surface area contributed by atoms with Gasteiger partial charge in [-0.15, -0.1) is 5.10 Å². The summed E-state index contributed by atoms with van der Waals surface area (Å²) in [6.07, 6.45) is 3.95. The molecule has 5 nitrogen and oxygen atoms in total. The number of halogens is 2. The summed E-state index contributed by atoms with van der Waals surface area (Å²) < 4.78 is 7.53. The highest BCUT2D eigenvalue weighted by Crippen LogP contribution is 2.28. The Balaban J connectivity index is 1.63. The van der Waals surface area contributed by atoms with Crippen LogP contribution in [0.25, 0.3) is 22.4 Å². The van der Waals surface area contributed by atoms with Crippen LogP contribution in [0.1, 0.15) is 25.3 Å². The zero-order valence-electron chi connectivity index (χ0n) is 15.6. The lowest BCUT2D eigenvalue weighted by molar-refractivity contribution is 0.309. The van der Waals surface area contributed by atoms with Crippen LogP contribution in [0, 0.1) is 0 Å². The predicted octanol–water partition coefficient (Wildman–Crippen LogP) is 4.85. The highest BCUT2D eigenvalue weighted by atomic mass is 35.5. The molecule has 0 aliphatic carbocycles. The van der Waals surface area contributed by atoms with Crippen molar-refractivity contribution in [2.24, 2.45) is 0 Å². The summed E-state index contributed by atoms with van der Waals surface area (Å²) in [5, 5.41) is 5.30. The molecule has 0 radical (unpaired) electrons. The lowest BCUT2D eigenvalue weighted by atomic mass is 10.2. The average Bonchev–Trinajstić information content (AvgIpc) is 3.23. The van der Waals surface area contributed by atoms with Crippen molar-refractivity contribution in [2.45, 2.75) is 19.8 Å². The van der Waals surface area contributed by atoms with Crippen molar-refractivity contribution < 1.29 is 4.74 Å². The first kappa shape index (κ1) is 19.9. The van der Waals surface area contributed by atoms with Gasteiger partial charge in [-0.3, -0.25) is 4.79 Å². The van der Waals surface area contributed by atoms with Crippen LogP contribution in [0.4, 0.5) is 0 Å². The third-order valence-corrected chi connectivity index (χ3v) is 5.81. The van der Waals surface area contributed by atoms with Crippen molar-refractivity contribution in [3.05, 3.63) is 73.0 Å². The molecule has 29 heavy (non-hydrogen) atoms. The van der Waals surface area contributed by atoms with E-state index in [4.69, 9.17) is 27.9 Å². The smallest absolute Gasteiger partial charge is 0.291 e. The molecule has 2 aromatic carbocycles. The second-order valence-electron chi connectivity index (χ2n) is 6.44. The van der Waals surface area contributed by atoms with Gasteiger partial charge in [-0.25, -0.2) is 0 Å². The fraction of sp³-hybridized carbons (Fsp3) is 0.190. The van der Waals surface area contributed by atoms with Crippen LogP contribution in [0.2, 0.25) is 10.0 Å². The topological polar surface area (TPSA) is 56.5 Å². The molecule has 0 aliphatic rings. The van der Waals surface area contributed by atoms with Gasteiger partial charge in [0.05, 0.1) is 16.2 Å². The first-order chi connectivity index (χ1) is 14.0. The highest BCUT2D eigenvalue weighted by Gasteiger charge is 2.14. The summed E-state index contributed by atoms with van der Waals surface area (Å²) in [4.78, 5) is 17.7. The Bertz CT molecular complexity index is 1270. The van der Waals surface area contributed by atoms with Gasteiger partial charge in [-0.05, 0) is 48.4 Å². The van der Waals surface area contributed by atoms with Gasteiger partial charge in [0.25, 0.3) is 5.56 Å². The number of unbranched alkanes of at least 4 members (excludes halogenated alkanes) is 1. The first-order valence-corrected chi connectivity index (χ1v) is 10.7. The van der Waals surface area contributed by atoms with Crippen molar-refractivity contribution in [3.8, 4) is 17.1 Å². The second kappa shape index (κ2) is 8.53. The number of ether oxygens (including phenoxy) is 1. The van der Waals surface area contributed by atoms with E-state index >= 15 is 0 Å². The number of aromatic nitrogens is 3. The molecule has 0 spiro atoms. The van der Waals surface area contributed by atoms with E-state index in [2.05, 4.69) is 17.0 Å². The molecular formula is C21H17Cl2N3O2S. The Labute approximate surface area is 181 Å². The molecule has 2 aromatic heterocycles. The number of benzene rings is 2. The molecule has 0 bridgehead atoms. The van der Waals surface area contributed by atoms with Gasteiger partial charge in [-0.2, -0.15) is 9.50 Å². The van der Waals surface area contributed by atoms with Crippen LogP contribution < -0.4 is 14.8 Å². The summed E-state index contributed by atoms with van der Waals surface area (Å²) in [6, 6.07) is 12.7. The molecule has 4 aromatic rings. The molecule has 0 amide bonds. The van der Waals surface area contributed by atoms with Crippen LogP contribution in [0.5, 0.6) is 5.75 Å². The number of nitrogens with zero attached hydrogens (tertiary/aromatic N) is 3. The summed E-state index contributed by atoms with van der Waals surface area (Å²) in [5.41, 5.74) is 1.34. The largest absolute Gasteiger partial charge is 0.494 e. The van der Waals surface area contributed by atoms with Gasteiger partial charge in [0.2, 0.25) is 4.96 Å². The molecule has 8 heteroatoms. The minimum Gasteiger partial charge on any atom is -0.494 e. The number of hydrogen-bond acceptors (Lipinski definition) is 5. The zero-order chi connectivity index (χ0) is 20.4. The molecular weight excluding hydrogens is 429 g/mol. The molecule has 0 fully saturated rings. The van der Waals surface area contributed by atoms with Crippen LogP contribution in [-0.4, -0.2) is 21.2 Å². The second-order valence-corrected chi connectivity index (χ2v) is 8.29. The molecule has 0 saturated heterocycles. The van der Waals surface area contributed by atoms with Crippen LogP contribution in [0.15, 0.2) is 47.3 Å². The van der Waals surface area contributed by atoms with Gasteiger partial charge in [0, 0.05) is 10.6 Å². The van der Waals surface area contributed by atoms with E-state index in [-0.39, 0.29) is 5.56 Å². The fourth-order valence-corrected chi connectivity index (χ4v) is 4.17. The summed E-state index contributed by atoms with van der Waals surface area (Å²) in [5.74, 6) is 1.22. The molecule has 0 atom stereocenters. The third-order valence-electron chi connectivity index (χ3n) is 4.30. The van der Waals surface area contributed by atoms with E-state index in [0.717, 1.165) is 24.2 Å². The first-order valence-electron chi connectivity index (χ1n) is 9.15. The number of rotatable bonds is 6. The van der Waals surface area contributed by atoms with E-state index in [1.807, 2.05) is 30.3 Å². The van der Waals surface area contributed by atoms with Crippen molar-refractivity contribution in [1.82, 2.24) is 14.6 Å². The van der Waals surface area contributed by atoms with Gasteiger partial charge >= 0.3 is 0 Å². The molecule has 148 valence electrons. The van der Waals surface area contributed by atoms with E-state index in [9.17, 15) is 4.79 Å². The van der Waals surface area contributed by atoms with Gasteiger partial charge in [0.1, 0.15) is 5.75 Å². The molecule has 0 saturated carbocycles. The quantitative estimate of drug-likeness (QED) is 0.398. The highest BCUT2D eigenvalue weighted by molar-refractivity contribution is 7.15. The Morgan fingerprint density at radius 1 is 1.17 bits per heavy atom. The lowest BCUT2D eigenvalue weighted by Crippen LogP contribution is -2.23. The van der Waals surface area contributed by atoms with Crippen LogP contribution >= 0.6 is 34.5 Å². The maximum absolute atomic E-state index is 12.7. The summed E-state index contributed by atoms with van der Waals surface area (Å²) in [6.45, 7) is 2.83. The number of thiazole rings is 1. The predicted molar refractivity (Wildman–Crippen MR) is 118 cm³/mol. The maximum atomic E-state index is 12.7. The number of fused-ring (bicyclic) bond motifs is 1. The Hall–Kier alpha value is -2.41. The van der Waals surface area contributed by atoms with Crippen molar-refractivity contribution >= 4 is 45.6 Å². The summed E-state index contributed by atoms with van der Waals surface area (Å²) in [7, 11) is 0. The molecule has 0 unspecified atom stereocenters. The molecule has 0 N–H and O–H groups in total. The fourth-order valence-electron chi connectivity index (χ4n) is 2.76. The standard InChI is InChI=1S/C21H17Cl2N3O2S/c1-2-3-10-28-15-7-4-13(5-8-15)11-18-20(27)26-21(29-18)24-19(25-26)16-9-6-14(22)12-17(16)23/h4-9,11-12H,2-3,10H2,1H3/b18-11+. The van der Waals surface area contributed by atoms with Gasteiger partial charge < -0.3 is 4.74 Å². The number of hydrogen-bond donors (Lipinski definition) is 0. The van der Waals surface area contributed by atoms with Crippen molar-refractivity contribution in [3.63, 3.8) is 0 Å². The molecule has 2 heterocycles. The Morgan fingerprint density at radius 3 is 2.66 bits per heavy atom. The van der Waals surface area contributed by atoms with Crippen molar-refractivity contribution in [2.75, 3.05) is 6.61 Å². The minimum atomic E-state index is -0.211. The van der Waals surface area contributed by atoms with Crippen LogP contribution in [0.3, 0.4) is 0 Å². The van der Waals surface area contributed by atoms with E-state index < -0.39 is 0 Å². The van der Waals surface area contributed by atoms with E-state index in [0.29, 0.717) is 37.5 Å². The van der Waals surface area contributed by atoms with E-state index in [1.54, 1.807) is 18.2 Å². The zero-order valence-corrected chi connectivity index (χ0v) is 17.9. The van der Waals surface area contributed by atoms with Crippen molar-refractivity contribution in [1.29, 1.82) is 0 Å². The molecule has 0 aliphatic heterocycles. The SMILES string of the molecule is CCCCOc1ccc(/C=c2/sc3nc(-c4ccc(Cl)cc4Cl)nn3c2=O)cc1. The van der Waals surface area contributed by atoms with Gasteiger partial charge in [0.15, 0.2) is 5.82 Å². The monoisotopic (exact) mass is 445 g/mol. The lowest BCUT2D eigenvalue weighted by Gasteiger charge is -2.04. The average molecular weight is 446 g/mol. The Morgan fingerprint density at radius 2 is 1.97 bits per heavy atom. The maximum Gasteiger partial charge on any atom is 0.291 e. The minimum absolute atomic E-state index is 0.211. The molecule has 4 rings (SSSR count). The third kappa shape index (κ3) is 4.29. The van der Waals surface area contributed by atoms with Gasteiger partial charge in [-0.1, -0.05) is 60.0 Å². The summed E-state index contributed by atoms with van der Waals surface area (Å²) >= 11 is 13.4.